The second-order valence-corrected chi connectivity index (χ2v) is 6.95. The molecule has 1 fully saturated rings. The number of rotatable bonds is 9. The number of ether oxygens (including phenoxy) is 1. The Labute approximate surface area is 148 Å². The molecule has 0 aromatic rings. The van der Waals surface area contributed by atoms with Gasteiger partial charge in [-0.25, -0.2) is 4.79 Å². The van der Waals surface area contributed by atoms with Gasteiger partial charge in [-0.2, -0.15) is 0 Å². The molecule has 25 heavy (non-hydrogen) atoms. The van der Waals surface area contributed by atoms with E-state index in [4.69, 9.17) is 9.57 Å². The molecule has 1 rings (SSSR count). The number of likely N-dealkylation sites (N-methyl/N-ethyl adjacent to an activating group) is 1. The monoisotopic (exact) mass is 356 g/mol. The van der Waals surface area contributed by atoms with Gasteiger partial charge in [0.15, 0.2) is 0 Å². The van der Waals surface area contributed by atoms with Crippen LogP contribution in [-0.4, -0.2) is 61.0 Å². The highest BCUT2D eigenvalue weighted by Crippen LogP contribution is 2.32. The first-order chi connectivity index (χ1) is 11.6. The van der Waals surface area contributed by atoms with Gasteiger partial charge in [-0.05, 0) is 33.9 Å². The molecule has 1 aliphatic rings. The van der Waals surface area contributed by atoms with Crippen LogP contribution in [0.2, 0.25) is 0 Å². The molecule has 0 aromatic heterocycles. The van der Waals surface area contributed by atoms with Crippen LogP contribution in [0.25, 0.3) is 0 Å². The quantitative estimate of drug-likeness (QED) is 0.452. The third-order valence-corrected chi connectivity index (χ3v) is 4.39. The smallest absolute Gasteiger partial charge is 0.336 e. The Balaban J connectivity index is 2.62. The van der Waals surface area contributed by atoms with Crippen molar-refractivity contribution in [2.75, 3.05) is 27.2 Å². The zero-order valence-corrected chi connectivity index (χ0v) is 15.7. The van der Waals surface area contributed by atoms with Crippen molar-refractivity contribution in [2.45, 2.75) is 46.5 Å². The second-order valence-electron chi connectivity index (χ2n) is 6.95. The lowest BCUT2D eigenvalue weighted by atomic mass is 9.79. The summed E-state index contributed by atoms with van der Waals surface area (Å²) in [4.78, 5) is 54.4. The van der Waals surface area contributed by atoms with Crippen molar-refractivity contribution >= 4 is 23.8 Å². The lowest BCUT2D eigenvalue weighted by Crippen LogP contribution is -2.38. The van der Waals surface area contributed by atoms with Gasteiger partial charge in [0.1, 0.15) is 6.61 Å². The molecule has 0 aromatic carbocycles. The molecule has 2 atom stereocenters. The van der Waals surface area contributed by atoms with Crippen molar-refractivity contribution in [1.82, 2.24) is 9.96 Å². The molecule has 0 spiro atoms. The number of esters is 1. The average molecular weight is 356 g/mol. The Bertz CT molecular complexity index is 517. The molecule has 0 radical (unpaired) electrons. The average Bonchev–Trinajstić information content (AvgIpc) is 2.85. The maximum atomic E-state index is 12.4. The van der Waals surface area contributed by atoms with E-state index in [1.165, 1.54) is 0 Å². The first-order valence-electron chi connectivity index (χ1n) is 8.50. The lowest BCUT2D eigenvalue weighted by molar-refractivity contribution is -0.201. The zero-order chi connectivity index (χ0) is 19.2. The maximum Gasteiger partial charge on any atom is 0.336 e. The third kappa shape index (κ3) is 5.81. The fourth-order valence-corrected chi connectivity index (χ4v) is 2.46. The molecule has 1 heterocycles. The minimum atomic E-state index is -0.843. The molecular formula is C17H28N2O6. The Morgan fingerprint density at radius 1 is 1.24 bits per heavy atom. The third-order valence-electron chi connectivity index (χ3n) is 4.39. The Kier molecular flexibility index (Phi) is 7.54. The maximum absolute atomic E-state index is 12.4. The van der Waals surface area contributed by atoms with E-state index >= 15 is 0 Å². The summed E-state index contributed by atoms with van der Waals surface area (Å²) in [5.41, 5.74) is -0.843. The van der Waals surface area contributed by atoms with Crippen LogP contribution in [0.4, 0.5) is 0 Å². The number of hydroxylamine groups is 2. The van der Waals surface area contributed by atoms with E-state index in [2.05, 4.69) is 0 Å². The fourth-order valence-electron chi connectivity index (χ4n) is 2.46. The first-order valence-corrected chi connectivity index (χ1v) is 8.50. The van der Waals surface area contributed by atoms with Gasteiger partial charge in [0.2, 0.25) is 0 Å². The minimum Gasteiger partial charge on any atom is -0.464 e. The van der Waals surface area contributed by atoms with Crippen LogP contribution in [0.1, 0.15) is 46.5 Å². The van der Waals surface area contributed by atoms with Crippen molar-refractivity contribution in [1.29, 1.82) is 0 Å². The number of nitrogens with zero attached hydrogens (tertiary/aromatic N) is 2. The molecule has 8 nitrogen and oxygen atoms in total. The molecule has 8 heteroatoms. The summed E-state index contributed by atoms with van der Waals surface area (Å²) in [6.45, 7) is 6.08. The Morgan fingerprint density at radius 3 is 2.28 bits per heavy atom. The van der Waals surface area contributed by atoms with Gasteiger partial charge >= 0.3 is 11.9 Å². The van der Waals surface area contributed by atoms with E-state index in [1.54, 1.807) is 13.8 Å². The van der Waals surface area contributed by atoms with Crippen molar-refractivity contribution in [3.8, 4) is 0 Å². The normalized spacial score (nSPS) is 18.2. The summed E-state index contributed by atoms with van der Waals surface area (Å²) < 4.78 is 5.31. The number of carbonyl (C=O) groups excluding carboxylic acids is 4. The van der Waals surface area contributed by atoms with Crippen molar-refractivity contribution in [2.24, 2.45) is 11.3 Å². The van der Waals surface area contributed by atoms with E-state index in [0.717, 1.165) is 0 Å². The predicted octanol–water partition coefficient (Wildman–Crippen LogP) is 1.14. The number of hydrogen-bond acceptors (Lipinski definition) is 7. The predicted molar refractivity (Wildman–Crippen MR) is 88.9 cm³/mol. The molecule has 1 aliphatic heterocycles. The molecule has 0 N–H and O–H groups in total. The fraction of sp³-hybridized carbons (Fsp3) is 0.765. The number of hydrogen-bond donors (Lipinski definition) is 0. The molecule has 2 amide bonds. The van der Waals surface area contributed by atoms with Crippen LogP contribution in [-0.2, 0) is 28.8 Å². The standard InChI is InChI=1S/C17H28N2O6/c1-6-17(3,16(23)24-10-9-18(4)5)11-12(2)15(22)25-19-13(20)7-8-14(19)21/h12H,6-11H2,1-5H3. The van der Waals surface area contributed by atoms with Crippen LogP contribution < -0.4 is 0 Å². The van der Waals surface area contributed by atoms with Gasteiger partial charge < -0.3 is 14.5 Å². The summed E-state index contributed by atoms with van der Waals surface area (Å²) >= 11 is 0. The highest BCUT2D eigenvalue weighted by Gasteiger charge is 2.39. The second kappa shape index (κ2) is 8.94. The van der Waals surface area contributed by atoms with E-state index in [0.29, 0.717) is 18.0 Å². The van der Waals surface area contributed by atoms with Gasteiger partial charge in [0, 0.05) is 19.4 Å². The summed E-state index contributed by atoms with van der Waals surface area (Å²) in [6, 6.07) is 0. The highest BCUT2D eigenvalue weighted by molar-refractivity contribution is 6.01. The summed E-state index contributed by atoms with van der Waals surface area (Å²) in [5, 5.41) is 0.525. The van der Waals surface area contributed by atoms with Gasteiger partial charge in [-0.1, -0.05) is 13.8 Å². The molecular weight excluding hydrogens is 328 g/mol. The zero-order valence-electron chi connectivity index (χ0n) is 15.7. The summed E-state index contributed by atoms with van der Waals surface area (Å²) in [7, 11) is 3.76. The number of amides is 2. The van der Waals surface area contributed by atoms with Gasteiger partial charge in [-0.15, -0.1) is 5.06 Å². The van der Waals surface area contributed by atoms with Crippen molar-refractivity contribution in [3.63, 3.8) is 0 Å². The van der Waals surface area contributed by atoms with Gasteiger partial charge in [0.25, 0.3) is 11.8 Å². The topological polar surface area (TPSA) is 93.2 Å². The van der Waals surface area contributed by atoms with E-state index < -0.39 is 29.1 Å². The van der Waals surface area contributed by atoms with Crippen molar-refractivity contribution < 1.29 is 28.8 Å². The number of imide groups is 1. The first kappa shape index (κ1) is 21.1. The van der Waals surface area contributed by atoms with E-state index in [1.807, 2.05) is 25.9 Å². The minimum absolute atomic E-state index is 0.0470. The molecule has 0 saturated carbocycles. The van der Waals surface area contributed by atoms with Crippen LogP contribution in [0.5, 0.6) is 0 Å². The molecule has 1 saturated heterocycles. The van der Waals surface area contributed by atoms with Crippen LogP contribution >= 0.6 is 0 Å². The van der Waals surface area contributed by atoms with Crippen LogP contribution in [0.3, 0.4) is 0 Å². The SMILES string of the molecule is CCC(C)(CC(C)C(=O)ON1C(=O)CCC1=O)C(=O)OCCN(C)C. The van der Waals surface area contributed by atoms with Crippen molar-refractivity contribution in [3.05, 3.63) is 0 Å². The van der Waals surface area contributed by atoms with E-state index in [9.17, 15) is 19.2 Å². The summed E-state index contributed by atoms with van der Waals surface area (Å²) in [5.74, 6) is -2.78. The largest absolute Gasteiger partial charge is 0.464 e. The van der Waals surface area contributed by atoms with E-state index in [-0.39, 0.29) is 31.8 Å². The molecule has 0 bridgehead atoms. The number of carbonyl (C=O) groups is 4. The highest BCUT2D eigenvalue weighted by atomic mass is 16.7. The Hall–Kier alpha value is -1.96. The summed E-state index contributed by atoms with van der Waals surface area (Å²) in [6.07, 6.45) is 0.795. The molecule has 0 aliphatic carbocycles. The van der Waals surface area contributed by atoms with Crippen LogP contribution in [0.15, 0.2) is 0 Å². The molecule has 142 valence electrons. The lowest BCUT2D eigenvalue weighted by Gasteiger charge is -2.28. The Morgan fingerprint density at radius 2 is 1.80 bits per heavy atom. The van der Waals surface area contributed by atoms with Crippen LogP contribution in [0, 0.1) is 11.3 Å². The van der Waals surface area contributed by atoms with Gasteiger partial charge in [0.05, 0.1) is 11.3 Å². The van der Waals surface area contributed by atoms with Gasteiger partial charge in [-0.3, -0.25) is 14.4 Å². The molecule has 2 unspecified atom stereocenters.